The second-order valence-corrected chi connectivity index (χ2v) is 0.512. The third kappa shape index (κ3) is 388. The van der Waals surface area contributed by atoms with Crippen molar-refractivity contribution in [2.75, 3.05) is 13.2 Å². The van der Waals surface area contributed by atoms with Gasteiger partial charge in [0.2, 0.25) is 0 Å². The Morgan fingerprint density at radius 2 is 0.909 bits per heavy atom. The Balaban J connectivity index is -0.00000000214. The average molecular weight is 358 g/mol. The van der Waals surface area contributed by atoms with E-state index in [9.17, 15) is 0 Å². The average Bonchev–Trinajstić information content (AvgIpc) is 1.37. The first kappa shape index (κ1) is 108. The van der Waals surface area contributed by atoms with Crippen LogP contribution in [0.1, 0.15) is 0 Å². The van der Waals surface area contributed by atoms with Gasteiger partial charge in [-0.05, 0) is 0 Å². The molecular formula is C2H13NO7Pt. The zero-order valence-electron chi connectivity index (χ0n) is 5.44. The van der Waals surface area contributed by atoms with Crippen LogP contribution < -0.4 is 5.73 Å². The van der Waals surface area contributed by atoms with Crippen LogP contribution >= 0.6 is 0 Å². The molecular weight excluding hydrogens is 345 g/mol. The summed E-state index contributed by atoms with van der Waals surface area (Å²) in [4.78, 5) is 0. The van der Waals surface area contributed by atoms with E-state index in [-0.39, 0.29) is 60.5 Å². The summed E-state index contributed by atoms with van der Waals surface area (Å²) < 4.78 is 0. The van der Waals surface area contributed by atoms with Crippen LogP contribution in [0.2, 0.25) is 0 Å². The molecule has 9 N–H and O–H groups in total. The predicted octanol–water partition coefficient (Wildman–Crippen LogP) is -2.13. The number of hydrogen-bond acceptors (Lipinski definition) is 8. The van der Waals surface area contributed by atoms with E-state index >= 15 is 0 Å². The van der Waals surface area contributed by atoms with Gasteiger partial charge in [0, 0.05) is 6.54 Å². The molecule has 0 amide bonds. The van der Waals surface area contributed by atoms with Crippen LogP contribution in [0.15, 0.2) is 0 Å². The van der Waals surface area contributed by atoms with Gasteiger partial charge in [-0.3, -0.25) is 0 Å². The number of aliphatic hydroxyl groups is 1. The molecule has 0 aromatic rings. The van der Waals surface area contributed by atoms with Crippen molar-refractivity contribution in [2.45, 2.75) is 0 Å². The summed E-state index contributed by atoms with van der Waals surface area (Å²) in [6, 6.07) is 0. The number of nitrogens with two attached hydrogens (primary N) is 1. The Labute approximate surface area is 78.5 Å². The maximum atomic E-state index is 7.75. The Bertz CT molecular complexity index is 18.4. The van der Waals surface area contributed by atoms with Crippen LogP contribution in [-0.2, 0) is 21.1 Å². The van der Waals surface area contributed by atoms with Crippen LogP contribution in [0.5, 0.6) is 0 Å². The van der Waals surface area contributed by atoms with Gasteiger partial charge in [0.1, 0.15) is 0 Å². The quantitative estimate of drug-likeness (QED) is 0.525. The molecule has 0 atom stereocenters. The van der Waals surface area contributed by atoms with Gasteiger partial charge in [-0.15, -0.1) is 0 Å². The minimum Gasteiger partial charge on any atom is -0.870 e. The van der Waals surface area contributed by atoms with Gasteiger partial charge >= 0.3 is 21.1 Å². The van der Waals surface area contributed by atoms with Crippen LogP contribution in [-0.4, -0.2) is 51.1 Å². The minimum atomic E-state index is 0. The summed E-state index contributed by atoms with van der Waals surface area (Å²) in [7, 11) is 0. The third-order valence-corrected chi connectivity index (χ3v) is 0.129. The van der Waals surface area contributed by atoms with Crippen LogP contribution in [0, 0.1) is 0 Å². The number of rotatable bonds is 1. The fourth-order valence-corrected chi connectivity index (χ4v) is 0. The van der Waals surface area contributed by atoms with E-state index in [0.29, 0.717) is 6.54 Å². The van der Waals surface area contributed by atoms with Crippen molar-refractivity contribution >= 4 is 0 Å². The molecule has 0 fully saturated rings. The Morgan fingerprint density at radius 3 is 0.909 bits per heavy atom. The maximum Gasteiger partial charge on any atom is 6.00 e. The minimum absolute atomic E-state index is 0. The van der Waals surface area contributed by atoms with E-state index in [1.165, 1.54) is 0 Å². The molecule has 78 valence electrons. The molecule has 11 heavy (non-hydrogen) atoms. The molecule has 0 saturated carbocycles. The first-order chi connectivity index (χ1) is 1.91. The molecule has 0 saturated heterocycles. The molecule has 0 rings (SSSR count). The Hall–Kier alpha value is 0.368. The number of aliphatic hydroxyl groups excluding tert-OH is 1. The van der Waals surface area contributed by atoms with Crippen molar-refractivity contribution in [1.29, 1.82) is 0 Å². The number of hydrogen-bond donors (Lipinski definition) is 2. The van der Waals surface area contributed by atoms with E-state index in [2.05, 4.69) is 0 Å². The van der Waals surface area contributed by atoms with Crippen molar-refractivity contribution < 1.29 is 59.0 Å². The smallest absolute Gasteiger partial charge is 0.870 e. The second-order valence-electron chi connectivity index (χ2n) is 0.512. The van der Waals surface area contributed by atoms with Gasteiger partial charge in [0.05, 0.1) is 6.61 Å². The molecule has 0 unspecified atom stereocenters. The van der Waals surface area contributed by atoms with Crippen LogP contribution in [0.25, 0.3) is 0 Å². The third-order valence-electron chi connectivity index (χ3n) is 0.129. The molecule has 0 bridgehead atoms. The Kier molecular flexibility index (Phi) is 1590. The summed E-state index contributed by atoms with van der Waals surface area (Å²) in [6.07, 6.45) is 0. The van der Waals surface area contributed by atoms with Crippen molar-refractivity contribution in [3.8, 4) is 0 Å². The van der Waals surface area contributed by atoms with Crippen molar-refractivity contribution in [2.24, 2.45) is 5.73 Å². The topological polar surface area (TPSA) is 226 Å². The largest absolute Gasteiger partial charge is 6.00 e. The summed E-state index contributed by atoms with van der Waals surface area (Å²) in [5, 5.41) is 7.75. The van der Waals surface area contributed by atoms with E-state index in [0.717, 1.165) is 0 Å². The molecule has 9 heteroatoms. The summed E-state index contributed by atoms with van der Waals surface area (Å²) in [6.45, 7) is 0.472. The molecule has 0 aliphatic carbocycles. The molecule has 8 nitrogen and oxygen atoms in total. The summed E-state index contributed by atoms with van der Waals surface area (Å²) in [5.74, 6) is 0. The van der Waals surface area contributed by atoms with Gasteiger partial charge in [-0.25, -0.2) is 0 Å². The monoisotopic (exact) mass is 358 g/mol. The standard InChI is InChI=1S/C2H7NO.6H2O.Pt/c3-1-2-4;;;;;;;/h4H,1-3H2;6*1H2;/q;;;;;;;+6/p-6. The molecule has 0 spiro atoms. The van der Waals surface area contributed by atoms with Gasteiger partial charge < -0.3 is 43.7 Å². The maximum absolute atomic E-state index is 7.75. The first-order valence-corrected chi connectivity index (χ1v) is 1.22. The molecule has 0 radical (unpaired) electrons. The molecule has 0 aromatic heterocycles. The SMILES string of the molecule is NCCO.[OH-].[OH-].[OH-].[OH-].[OH-].[OH-].[Pt+6]. The fraction of sp³-hybridized carbons (Fsp3) is 1.00. The second kappa shape index (κ2) is 162. The predicted molar refractivity (Wildman–Crippen MR) is 27.8 cm³/mol. The molecule has 0 aromatic carbocycles. The van der Waals surface area contributed by atoms with E-state index < -0.39 is 0 Å². The molecule has 0 aliphatic rings. The van der Waals surface area contributed by atoms with Crippen LogP contribution in [0.4, 0.5) is 0 Å². The van der Waals surface area contributed by atoms with Crippen molar-refractivity contribution in [3.63, 3.8) is 0 Å². The van der Waals surface area contributed by atoms with E-state index in [4.69, 9.17) is 10.8 Å². The molecule has 0 heterocycles. The van der Waals surface area contributed by atoms with E-state index in [1.807, 2.05) is 0 Å². The zero-order chi connectivity index (χ0) is 3.41. The summed E-state index contributed by atoms with van der Waals surface area (Å²) in [5.41, 5.74) is 4.78. The molecule has 0 aliphatic heterocycles. The normalized spacial score (nSPS) is 2.73. The zero-order valence-corrected chi connectivity index (χ0v) is 7.71. The van der Waals surface area contributed by atoms with Gasteiger partial charge in [-0.2, -0.15) is 0 Å². The van der Waals surface area contributed by atoms with Gasteiger partial charge in [0.15, 0.2) is 0 Å². The van der Waals surface area contributed by atoms with Crippen molar-refractivity contribution in [1.82, 2.24) is 0 Å². The van der Waals surface area contributed by atoms with Gasteiger partial charge in [-0.1, -0.05) is 0 Å². The first-order valence-electron chi connectivity index (χ1n) is 1.22. The van der Waals surface area contributed by atoms with Gasteiger partial charge in [0.25, 0.3) is 0 Å². The fourth-order valence-electron chi connectivity index (χ4n) is 0. The van der Waals surface area contributed by atoms with E-state index in [1.54, 1.807) is 0 Å². The summed E-state index contributed by atoms with van der Waals surface area (Å²) >= 11 is 0. The van der Waals surface area contributed by atoms with Crippen LogP contribution in [0.3, 0.4) is 0 Å². The Morgan fingerprint density at radius 1 is 0.818 bits per heavy atom. The van der Waals surface area contributed by atoms with Crippen molar-refractivity contribution in [3.05, 3.63) is 0 Å².